The molecule has 2 N–H and O–H groups in total. The maximum absolute atomic E-state index is 10.1. The first-order valence-electron chi connectivity index (χ1n) is 6.10. The van der Waals surface area contributed by atoms with Crippen LogP contribution in [0.2, 0.25) is 0 Å². The molecular weight excluding hydrogens is 218 g/mol. The molecule has 1 aliphatic rings. The molecular formula is C12H22N3O2+. The lowest BCUT2D eigenvalue weighted by Crippen LogP contribution is -2.29. The zero-order valence-electron chi connectivity index (χ0n) is 10.6. The van der Waals surface area contributed by atoms with Gasteiger partial charge in [0.15, 0.2) is 0 Å². The van der Waals surface area contributed by atoms with Crippen molar-refractivity contribution in [1.82, 2.24) is 9.88 Å². The number of rotatable bonds is 3. The summed E-state index contributed by atoms with van der Waals surface area (Å²) in [7, 11) is 2.03. The van der Waals surface area contributed by atoms with Crippen LogP contribution in [0.4, 0.5) is 0 Å². The van der Waals surface area contributed by atoms with E-state index in [1.54, 1.807) is 0 Å². The summed E-state index contributed by atoms with van der Waals surface area (Å²) < 4.78 is 4.23. The number of hydrogen-bond donors (Lipinski definition) is 2. The molecule has 1 aliphatic heterocycles. The van der Waals surface area contributed by atoms with E-state index < -0.39 is 5.97 Å². The number of hydrogen-bond acceptors (Lipinski definition) is 2. The number of imidazole rings is 1. The number of nitrogens with zero attached hydrogens (tertiary/aromatic N) is 2. The minimum absolute atomic E-state index is 0.269. The predicted octanol–water partition coefficient (Wildman–Crippen LogP) is 0.546. The first-order valence-corrected chi connectivity index (χ1v) is 6.10. The summed E-state index contributed by atoms with van der Waals surface area (Å²) >= 11 is 0. The number of aryl methyl sites for hydroxylation is 2. The van der Waals surface area contributed by atoms with Crippen molar-refractivity contribution in [2.24, 2.45) is 7.05 Å². The largest absolute Gasteiger partial charge is 0.480 e. The normalized spacial score (nSPS) is 18.6. The van der Waals surface area contributed by atoms with Gasteiger partial charge in [-0.25, -0.2) is 9.13 Å². The maximum Gasteiger partial charge on any atom is 0.320 e. The van der Waals surface area contributed by atoms with Crippen LogP contribution in [-0.4, -0.2) is 28.2 Å². The standard InChI is InChI=1S/C7H13N2.C5H9NO2/c1-3-4-9-6-5-8(2)7-9;7-5(8)4-2-1-3-6-4/h5-7H,3-4H2,1-2H3;4,6H,1-3H2,(H,7,8)/q+1;/t;4-/m.0/s1. The van der Waals surface area contributed by atoms with Gasteiger partial charge in [-0.15, -0.1) is 0 Å². The van der Waals surface area contributed by atoms with Gasteiger partial charge in [-0.1, -0.05) is 6.92 Å². The van der Waals surface area contributed by atoms with Gasteiger partial charge >= 0.3 is 5.97 Å². The van der Waals surface area contributed by atoms with Crippen LogP contribution in [0.1, 0.15) is 26.2 Å². The quantitative estimate of drug-likeness (QED) is 0.758. The smallest absolute Gasteiger partial charge is 0.320 e. The van der Waals surface area contributed by atoms with Crippen molar-refractivity contribution in [3.63, 3.8) is 0 Å². The molecule has 2 rings (SSSR count). The number of carboxylic acids is 1. The Hall–Kier alpha value is -1.36. The monoisotopic (exact) mass is 240 g/mol. The van der Waals surface area contributed by atoms with Gasteiger partial charge in [0.1, 0.15) is 18.4 Å². The van der Waals surface area contributed by atoms with Gasteiger partial charge < -0.3 is 10.4 Å². The molecule has 5 nitrogen and oxygen atoms in total. The fourth-order valence-electron chi connectivity index (χ4n) is 1.79. The Balaban J connectivity index is 0.000000171. The second-order valence-corrected chi connectivity index (χ2v) is 4.30. The number of carboxylic acid groups (broad SMARTS) is 1. The molecule has 1 aromatic heterocycles. The fourth-order valence-corrected chi connectivity index (χ4v) is 1.79. The lowest BCUT2D eigenvalue weighted by molar-refractivity contribution is -0.671. The van der Waals surface area contributed by atoms with E-state index in [0.29, 0.717) is 0 Å². The van der Waals surface area contributed by atoms with Crippen LogP contribution >= 0.6 is 0 Å². The SMILES string of the molecule is CCCn1cc[n+](C)c1.O=C(O)[C@@H]1CCCN1. The number of aliphatic carboxylic acids is 1. The van der Waals surface area contributed by atoms with Gasteiger partial charge in [0.2, 0.25) is 6.33 Å². The van der Waals surface area contributed by atoms with Crippen LogP contribution in [0.15, 0.2) is 18.7 Å². The van der Waals surface area contributed by atoms with Crippen molar-refractivity contribution in [3.05, 3.63) is 18.7 Å². The van der Waals surface area contributed by atoms with Crippen LogP contribution < -0.4 is 9.88 Å². The lowest BCUT2D eigenvalue weighted by atomic mass is 10.2. The van der Waals surface area contributed by atoms with Crippen LogP contribution in [0.3, 0.4) is 0 Å². The minimum atomic E-state index is -0.720. The molecule has 1 aromatic rings. The van der Waals surface area contributed by atoms with Crippen LogP contribution in [0.5, 0.6) is 0 Å². The highest BCUT2D eigenvalue weighted by Crippen LogP contribution is 2.03. The van der Waals surface area contributed by atoms with E-state index >= 15 is 0 Å². The van der Waals surface area contributed by atoms with Crippen molar-refractivity contribution in [2.45, 2.75) is 38.8 Å². The minimum Gasteiger partial charge on any atom is -0.480 e. The molecule has 17 heavy (non-hydrogen) atoms. The van der Waals surface area contributed by atoms with Crippen molar-refractivity contribution >= 4 is 5.97 Å². The molecule has 1 atom stereocenters. The van der Waals surface area contributed by atoms with Crippen LogP contribution in [0, 0.1) is 0 Å². The third-order valence-electron chi connectivity index (χ3n) is 2.66. The van der Waals surface area contributed by atoms with E-state index in [1.165, 1.54) is 6.42 Å². The number of nitrogens with one attached hydrogen (secondary N) is 1. The first-order chi connectivity index (χ1) is 8.13. The lowest BCUT2D eigenvalue weighted by Gasteiger charge is -1.99. The van der Waals surface area contributed by atoms with Crippen molar-refractivity contribution in [2.75, 3.05) is 6.54 Å². The summed E-state index contributed by atoms with van der Waals surface area (Å²) in [5, 5.41) is 11.2. The molecule has 0 aliphatic carbocycles. The second kappa shape index (κ2) is 7.06. The van der Waals surface area contributed by atoms with E-state index in [2.05, 4.69) is 40.1 Å². The first kappa shape index (κ1) is 13.7. The highest BCUT2D eigenvalue weighted by Gasteiger charge is 2.20. The van der Waals surface area contributed by atoms with Gasteiger partial charge in [-0.3, -0.25) is 4.79 Å². The Morgan fingerprint density at radius 3 is 2.76 bits per heavy atom. The number of carbonyl (C=O) groups is 1. The predicted molar refractivity (Wildman–Crippen MR) is 64.6 cm³/mol. The van der Waals surface area contributed by atoms with Crippen molar-refractivity contribution < 1.29 is 14.5 Å². The summed E-state index contributed by atoms with van der Waals surface area (Å²) in [5.74, 6) is -0.720. The Bertz CT molecular complexity index is 343. The summed E-state index contributed by atoms with van der Waals surface area (Å²) in [6.45, 7) is 4.16. The molecule has 0 amide bonds. The third-order valence-corrected chi connectivity index (χ3v) is 2.66. The van der Waals surface area contributed by atoms with Crippen molar-refractivity contribution in [3.8, 4) is 0 Å². The molecule has 0 radical (unpaired) electrons. The molecule has 1 saturated heterocycles. The van der Waals surface area contributed by atoms with Crippen molar-refractivity contribution in [1.29, 1.82) is 0 Å². The van der Waals surface area contributed by atoms with Gasteiger partial charge in [0, 0.05) is 0 Å². The molecule has 0 spiro atoms. The van der Waals surface area contributed by atoms with Gasteiger partial charge in [-0.2, -0.15) is 0 Å². The van der Waals surface area contributed by atoms with E-state index in [4.69, 9.17) is 5.11 Å². The molecule has 0 unspecified atom stereocenters. The van der Waals surface area contributed by atoms with Gasteiger partial charge in [-0.05, 0) is 25.8 Å². The molecule has 0 saturated carbocycles. The van der Waals surface area contributed by atoms with E-state index in [0.717, 1.165) is 25.9 Å². The molecule has 2 heterocycles. The average Bonchev–Trinajstić information content (AvgIpc) is 2.90. The van der Waals surface area contributed by atoms with Crippen LogP contribution in [-0.2, 0) is 18.4 Å². The van der Waals surface area contributed by atoms with Crippen LogP contribution in [0.25, 0.3) is 0 Å². The molecule has 5 heteroatoms. The Morgan fingerprint density at radius 1 is 1.65 bits per heavy atom. The molecule has 1 fully saturated rings. The van der Waals surface area contributed by atoms with Gasteiger partial charge in [0.05, 0.1) is 13.6 Å². The Morgan fingerprint density at radius 2 is 2.41 bits per heavy atom. The third kappa shape index (κ3) is 4.99. The molecule has 0 bridgehead atoms. The zero-order valence-corrected chi connectivity index (χ0v) is 10.6. The Kier molecular flexibility index (Phi) is 5.69. The van der Waals surface area contributed by atoms with E-state index in [-0.39, 0.29) is 6.04 Å². The summed E-state index contributed by atoms with van der Waals surface area (Å²) in [5.41, 5.74) is 0. The average molecular weight is 240 g/mol. The highest BCUT2D eigenvalue weighted by atomic mass is 16.4. The highest BCUT2D eigenvalue weighted by molar-refractivity contribution is 5.73. The molecule has 0 aromatic carbocycles. The Labute approximate surface area is 102 Å². The topological polar surface area (TPSA) is 58.1 Å². The molecule has 96 valence electrons. The van der Waals surface area contributed by atoms with E-state index in [1.807, 2.05) is 7.05 Å². The van der Waals surface area contributed by atoms with Gasteiger partial charge in [0.25, 0.3) is 0 Å². The number of aromatic nitrogens is 2. The second-order valence-electron chi connectivity index (χ2n) is 4.30. The fraction of sp³-hybridized carbons (Fsp3) is 0.667. The maximum atomic E-state index is 10.1. The summed E-state index contributed by atoms with van der Waals surface area (Å²) in [6, 6.07) is -0.269. The zero-order chi connectivity index (χ0) is 12.7. The summed E-state index contributed by atoms with van der Waals surface area (Å²) in [6.07, 6.45) is 9.21. The summed E-state index contributed by atoms with van der Waals surface area (Å²) in [4.78, 5) is 10.1. The van der Waals surface area contributed by atoms with E-state index in [9.17, 15) is 4.79 Å².